The van der Waals surface area contributed by atoms with Crippen molar-refractivity contribution in [2.24, 2.45) is 0 Å². The summed E-state index contributed by atoms with van der Waals surface area (Å²) >= 11 is 0. The molecule has 4 amide bonds. The van der Waals surface area contributed by atoms with E-state index < -0.39 is 23.6 Å². The molecule has 0 aliphatic rings. The third-order valence-corrected chi connectivity index (χ3v) is 6.68. The summed E-state index contributed by atoms with van der Waals surface area (Å²) in [7, 11) is 0. The Balaban J connectivity index is 1.56. The zero-order valence-corrected chi connectivity index (χ0v) is 23.0. The standard InChI is InChI=1S/C34H22N6O4/c41-31(23-13-5-1-6-14-23)39(32(42)24-15-7-2-8-16-24)29-27-28(36-22-21-35-27)30(38-37-29)40(33(43)25-17-9-3-10-18-25)34(44)26-19-11-4-12-20-26/h1-22H. The number of benzene rings is 4. The minimum atomic E-state index is -0.675. The van der Waals surface area contributed by atoms with Gasteiger partial charge in [-0.15, -0.1) is 10.2 Å². The largest absolute Gasteiger partial charge is 0.268 e. The number of aromatic nitrogens is 4. The number of imide groups is 2. The first-order chi connectivity index (χ1) is 21.5. The summed E-state index contributed by atoms with van der Waals surface area (Å²) in [6.45, 7) is 0. The first-order valence-corrected chi connectivity index (χ1v) is 13.5. The van der Waals surface area contributed by atoms with E-state index in [4.69, 9.17) is 0 Å². The van der Waals surface area contributed by atoms with E-state index >= 15 is 0 Å². The topological polar surface area (TPSA) is 126 Å². The van der Waals surface area contributed by atoms with Crippen LogP contribution in [0.5, 0.6) is 0 Å². The minimum Gasteiger partial charge on any atom is -0.268 e. The second-order valence-corrected chi connectivity index (χ2v) is 9.46. The number of nitrogens with zero attached hydrogens (tertiary/aromatic N) is 6. The van der Waals surface area contributed by atoms with Gasteiger partial charge in [0.1, 0.15) is 11.0 Å². The lowest BCUT2D eigenvalue weighted by Crippen LogP contribution is -2.40. The maximum Gasteiger partial charge on any atom is 0.266 e. The highest BCUT2D eigenvalue weighted by Crippen LogP contribution is 2.31. The number of carbonyl (C=O) groups excluding carboxylic acids is 4. The summed E-state index contributed by atoms with van der Waals surface area (Å²) in [6.07, 6.45) is 2.72. The monoisotopic (exact) mass is 578 g/mol. The molecule has 6 rings (SSSR count). The van der Waals surface area contributed by atoms with Crippen molar-refractivity contribution < 1.29 is 19.2 Å². The van der Waals surface area contributed by atoms with Crippen LogP contribution in [0.25, 0.3) is 11.0 Å². The molecule has 0 N–H and O–H groups in total. The van der Waals surface area contributed by atoms with Crippen LogP contribution in [-0.2, 0) is 0 Å². The van der Waals surface area contributed by atoms with Crippen LogP contribution in [0.3, 0.4) is 0 Å². The van der Waals surface area contributed by atoms with Gasteiger partial charge in [0.05, 0.1) is 0 Å². The second kappa shape index (κ2) is 12.2. The molecule has 10 heteroatoms. The molecule has 0 atom stereocenters. The molecule has 0 saturated carbocycles. The molecule has 4 aromatic carbocycles. The quantitative estimate of drug-likeness (QED) is 0.241. The summed E-state index contributed by atoms with van der Waals surface area (Å²) in [5, 5.41) is 8.52. The summed E-state index contributed by atoms with van der Waals surface area (Å²) in [5.74, 6) is -3.12. The highest BCUT2D eigenvalue weighted by atomic mass is 16.2. The minimum absolute atomic E-state index is 0.0159. The van der Waals surface area contributed by atoms with Crippen molar-refractivity contribution in [1.29, 1.82) is 0 Å². The molecule has 2 heterocycles. The van der Waals surface area contributed by atoms with E-state index in [2.05, 4.69) is 20.2 Å². The van der Waals surface area contributed by atoms with Crippen molar-refractivity contribution in [3.05, 3.63) is 156 Å². The molecule has 0 saturated heterocycles. The molecule has 0 spiro atoms. The molecule has 0 radical (unpaired) electrons. The zero-order chi connectivity index (χ0) is 30.5. The molecular weight excluding hydrogens is 556 g/mol. The van der Waals surface area contributed by atoms with Gasteiger partial charge in [-0.25, -0.2) is 19.8 Å². The van der Waals surface area contributed by atoms with E-state index in [9.17, 15) is 19.2 Å². The number of anilines is 2. The second-order valence-electron chi connectivity index (χ2n) is 9.46. The number of rotatable bonds is 6. The van der Waals surface area contributed by atoms with Gasteiger partial charge in [-0.05, 0) is 48.5 Å². The Hall–Kier alpha value is -6.42. The smallest absolute Gasteiger partial charge is 0.266 e. The molecule has 2 aromatic heterocycles. The Morgan fingerprint density at radius 3 is 0.886 bits per heavy atom. The summed E-state index contributed by atoms with van der Waals surface area (Å²) in [4.78, 5) is 66.1. The summed E-state index contributed by atoms with van der Waals surface area (Å²) in [5.41, 5.74) is 0.856. The van der Waals surface area contributed by atoms with Crippen LogP contribution in [0, 0.1) is 0 Å². The van der Waals surface area contributed by atoms with Crippen LogP contribution < -0.4 is 9.80 Å². The van der Waals surface area contributed by atoms with Crippen LogP contribution in [0.15, 0.2) is 134 Å². The fourth-order valence-electron chi connectivity index (χ4n) is 4.56. The first-order valence-electron chi connectivity index (χ1n) is 13.5. The fourth-order valence-corrected chi connectivity index (χ4v) is 4.56. The van der Waals surface area contributed by atoms with Crippen molar-refractivity contribution >= 4 is 46.3 Å². The first kappa shape index (κ1) is 27.7. The molecule has 10 nitrogen and oxygen atoms in total. The highest BCUT2D eigenvalue weighted by Gasteiger charge is 2.34. The van der Waals surface area contributed by atoms with Gasteiger partial charge < -0.3 is 0 Å². The summed E-state index contributed by atoms with van der Waals surface area (Å²) < 4.78 is 0. The number of hydrogen-bond acceptors (Lipinski definition) is 8. The van der Waals surface area contributed by atoms with Crippen molar-refractivity contribution in [1.82, 2.24) is 20.2 Å². The Labute approximate surface area is 251 Å². The SMILES string of the molecule is O=C(c1ccccc1)N(C(=O)c1ccccc1)c1nnc(N(C(=O)c2ccccc2)C(=O)c2ccccc2)c2nccnc12. The molecule has 6 aromatic rings. The van der Waals surface area contributed by atoms with Gasteiger partial charge in [0.25, 0.3) is 23.6 Å². The predicted molar refractivity (Wildman–Crippen MR) is 163 cm³/mol. The van der Waals surface area contributed by atoms with Crippen molar-refractivity contribution in [3.63, 3.8) is 0 Å². The van der Waals surface area contributed by atoms with Gasteiger partial charge in [0.15, 0.2) is 11.6 Å². The average Bonchev–Trinajstić information content (AvgIpc) is 3.10. The molecule has 0 unspecified atom stereocenters. The number of amides is 4. The zero-order valence-electron chi connectivity index (χ0n) is 23.0. The number of carbonyl (C=O) groups is 4. The Bertz CT molecular complexity index is 1740. The Morgan fingerprint density at radius 2 is 0.636 bits per heavy atom. The average molecular weight is 579 g/mol. The van der Waals surface area contributed by atoms with E-state index in [0.717, 1.165) is 9.80 Å². The maximum atomic E-state index is 13.9. The van der Waals surface area contributed by atoms with E-state index in [1.807, 2.05) is 0 Å². The third kappa shape index (κ3) is 5.30. The lowest BCUT2D eigenvalue weighted by Gasteiger charge is -2.24. The van der Waals surface area contributed by atoms with E-state index in [0.29, 0.717) is 0 Å². The van der Waals surface area contributed by atoms with Crippen molar-refractivity contribution in [2.75, 3.05) is 9.80 Å². The lowest BCUT2D eigenvalue weighted by molar-refractivity contribution is 0.0879. The lowest BCUT2D eigenvalue weighted by atomic mass is 10.1. The van der Waals surface area contributed by atoms with Crippen molar-refractivity contribution in [3.8, 4) is 0 Å². The normalized spacial score (nSPS) is 10.6. The van der Waals surface area contributed by atoms with Gasteiger partial charge in [-0.3, -0.25) is 19.2 Å². The van der Waals surface area contributed by atoms with Crippen LogP contribution >= 0.6 is 0 Å². The third-order valence-electron chi connectivity index (χ3n) is 6.68. The molecule has 44 heavy (non-hydrogen) atoms. The molecule has 0 fully saturated rings. The maximum absolute atomic E-state index is 13.9. The summed E-state index contributed by atoms with van der Waals surface area (Å²) in [6, 6.07) is 33.0. The molecule has 0 aliphatic heterocycles. The Morgan fingerprint density at radius 1 is 0.386 bits per heavy atom. The van der Waals surface area contributed by atoms with Gasteiger partial charge >= 0.3 is 0 Å². The molecule has 0 aliphatic carbocycles. The van der Waals surface area contributed by atoms with E-state index in [1.54, 1.807) is 121 Å². The number of fused-ring (bicyclic) bond motifs is 1. The van der Waals surface area contributed by atoms with Crippen LogP contribution in [0.2, 0.25) is 0 Å². The van der Waals surface area contributed by atoms with E-state index in [1.165, 1.54) is 12.4 Å². The van der Waals surface area contributed by atoms with Gasteiger partial charge in [-0.1, -0.05) is 72.8 Å². The molecule has 212 valence electrons. The van der Waals surface area contributed by atoms with Gasteiger partial charge in [0, 0.05) is 34.6 Å². The van der Waals surface area contributed by atoms with Crippen LogP contribution in [-0.4, -0.2) is 43.8 Å². The molecular formula is C34H22N6O4. The number of hydrogen-bond donors (Lipinski definition) is 0. The fraction of sp³-hybridized carbons (Fsp3) is 0. The van der Waals surface area contributed by atoms with Crippen LogP contribution in [0.1, 0.15) is 41.4 Å². The van der Waals surface area contributed by atoms with Crippen LogP contribution in [0.4, 0.5) is 11.6 Å². The van der Waals surface area contributed by atoms with Gasteiger partial charge in [0.2, 0.25) is 0 Å². The van der Waals surface area contributed by atoms with Gasteiger partial charge in [-0.2, -0.15) is 0 Å². The van der Waals surface area contributed by atoms with E-state index in [-0.39, 0.29) is 44.9 Å². The van der Waals surface area contributed by atoms with Crippen molar-refractivity contribution in [2.45, 2.75) is 0 Å². The predicted octanol–water partition coefficient (Wildman–Crippen LogP) is 5.39. The Kier molecular flexibility index (Phi) is 7.70. The molecule has 0 bridgehead atoms. The highest BCUT2D eigenvalue weighted by molar-refractivity contribution is 6.29.